The number of hydrogen-bond acceptors (Lipinski definition) is 1. The van der Waals surface area contributed by atoms with Crippen LogP contribution in [0.2, 0.25) is 0 Å². The minimum atomic E-state index is -0.349. The second kappa shape index (κ2) is 3.40. The van der Waals surface area contributed by atoms with E-state index in [2.05, 4.69) is 4.98 Å². The van der Waals surface area contributed by atoms with E-state index in [-0.39, 0.29) is 12.7 Å². The molecular weight excluding hydrogens is 179 g/mol. The van der Waals surface area contributed by atoms with E-state index in [0.717, 1.165) is 16.6 Å². The highest BCUT2D eigenvalue weighted by Gasteiger charge is 2.10. The van der Waals surface area contributed by atoms with Crippen LogP contribution >= 0.6 is 0 Å². The Kier molecular flexibility index (Phi) is 2.23. The first-order valence-corrected chi connectivity index (χ1v) is 4.72. The first-order valence-electron chi connectivity index (χ1n) is 4.72. The normalized spacial score (nSPS) is 13.4. The maximum Gasteiger partial charge on any atom is 0.110 e. The molecule has 0 spiro atoms. The van der Waals surface area contributed by atoms with Crippen LogP contribution in [0.5, 0.6) is 0 Å². The predicted octanol–water partition coefficient (Wildman–Crippen LogP) is 2.88. The van der Waals surface area contributed by atoms with Crippen LogP contribution < -0.4 is 0 Å². The zero-order valence-corrected chi connectivity index (χ0v) is 8.37. The summed E-state index contributed by atoms with van der Waals surface area (Å²) < 4.78 is 14.5. The molecule has 0 radical (unpaired) electrons. The Labute approximate surface area is 82.4 Å². The zero-order valence-electron chi connectivity index (χ0n) is 8.37. The van der Waals surface area contributed by atoms with Gasteiger partial charge in [-0.1, -0.05) is 0 Å². The third kappa shape index (κ3) is 1.29. The number of halogens is 1. The van der Waals surface area contributed by atoms with Gasteiger partial charge >= 0.3 is 0 Å². The molecule has 2 aromatic rings. The van der Waals surface area contributed by atoms with Crippen LogP contribution in [0.25, 0.3) is 11.0 Å². The Morgan fingerprint density at radius 3 is 3.07 bits per heavy atom. The number of nitrogens with zero attached hydrogens (tertiary/aromatic N) is 2. The average molecular weight is 192 g/mol. The lowest BCUT2D eigenvalue weighted by molar-refractivity contribution is 0.383. The monoisotopic (exact) mass is 192 g/mol. The summed E-state index contributed by atoms with van der Waals surface area (Å²) in [6.07, 6.45) is 3.72. The number of fused-ring (bicyclic) bond motifs is 1. The van der Waals surface area contributed by atoms with E-state index in [1.165, 1.54) is 0 Å². The quantitative estimate of drug-likeness (QED) is 0.715. The van der Waals surface area contributed by atoms with Crippen molar-refractivity contribution in [3.8, 4) is 0 Å². The van der Waals surface area contributed by atoms with Gasteiger partial charge in [-0.05, 0) is 31.5 Å². The van der Waals surface area contributed by atoms with Crippen LogP contribution in [0.4, 0.5) is 4.39 Å². The second-order valence-electron chi connectivity index (χ2n) is 3.59. The number of alkyl halides is 1. The van der Waals surface area contributed by atoms with Crippen molar-refractivity contribution in [1.82, 2.24) is 9.55 Å². The SMILES string of the molecule is Cc1cn([C@@H](C)CF)c2cccnc12. The predicted molar refractivity (Wildman–Crippen MR) is 55.2 cm³/mol. The fourth-order valence-corrected chi connectivity index (χ4v) is 1.69. The molecule has 2 aromatic heterocycles. The van der Waals surface area contributed by atoms with Crippen molar-refractivity contribution in [3.05, 3.63) is 30.1 Å². The second-order valence-corrected chi connectivity index (χ2v) is 3.59. The van der Waals surface area contributed by atoms with E-state index < -0.39 is 0 Å². The Balaban J connectivity index is 2.66. The summed E-state index contributed by atoms with van der Waals surface area (Å²) in [7, 11) is 0. The van der Waals surface area contributed by atoms with E-state index in [1.54, 1.807) is 6.20 Å². The van der Waals surface area contributed by atoms with Crippen molar-refractivity contribution in [2.75, 3.05) is 6.67 Å². The smallest absolute Gasteiger partial charge is 0.110 e. The van der Waals surface area contributed by atoms with Gasteiger partial charge < -0.3 is 4.57 Å². The lowest BCUT2D eigenvalue weighted by Crippen LogP contribution is -2.04. The minimum Gasteiger partial charge on any atom is -0.340 e. The molecule has 0 N–H and O–H groups in total. The molecule has 3 heteroatoms. The van der Waals surface area contributed by atoms with Crippen molar-refractivity contribution >= 4 is 11.0 Å². The summed E-state index contributed by atoms with van der Waals surface area (Å²) in [6, 6.07) is 3.74. The van der Waals surface area contributed by atoms with Gasteiger partial charge in [0.15, 0.2) is 0 Å². The van der Waals surface area contributed by atoms with Crippen molar-refractivity contribution in [2.24, 2.45) is 0 Å². The van der Waals surface area contributed by atoms with E-state index in [1.807, 2.05) is 36.7 Å². The van der Waals surface area contributed by atoms with Gasteiger partial charge in [-0.25, -0.2) is 4.39 Å². The molecule has 0 fully saturated rings. The van der Waals surface area contributed by atoms with E-state index in [4.69, 9.17) is 0 Å². The summed E-state index contributed by atoms with van der Waals surface area (Å²) in [4.78, 5) is 4.27. The molecule has 0 aromatic carbocycles. The van der Waals surface area contributed by atoms with Crippen LogP contribution in [0.3, 0.4) is 0 Å². The first-order chi connectivity index (χ1) is 6.74. The third-order valence-electron chi connectivity index (χ3n) is 2.47. The highest BCUT2D eigenvalue weighted by molar-refractivity contribution is 5.79. The molecule has 0 unspecified atom stereocenters. The third-order valence-corrected chi connectivity index (χ3v) is 2.47. The van der Waals surface area contributed by atoms with Crippen LogP contribution in [-0.4, -0.2) is 16.2 Å². The zero-order chi connectivity index (χ0) is 10.1. The average Bonchev–Trinajstić information content (AvgIpc) is 2.56. The van der Waals surface area contributed by atoms with Crippen molar-refractivity contribution in [1.29, 1.82) is 0 Å². The fraction of sp³-hybridized carbons (Fsp3) is 0.364. The molecule has 2 heterocycles. The number of rotatable bonds is 2. The van der Waals surface area contributed by atoms with Gasteiger partial charge in [0.05, 0.1) is 17.1 Å². The Morgan fingerprint density at radius 2 is 2.36 bits per heavy atom. The molecule has 0 saturated heterocycles. The van der Waals surface area contributed by atoms with E-state index in [9.17, 15) is 4.39 Å². The summed E-state index contributed by atoms with van der Waals surface area (Å²) >= 11 is 0. The van der Waals surface area contributed by atoms with Gasteiger partial charge in [-0.15, -0.1) is 0 Å². The van der Waals surface area contributed by atoms with Gasteiger partial charge in [0, 0.05) is 12.4 Å². The number of aromatic nitrogens is 2. The molecule has 2 rings (SSSR count). The lowest BCUT2D eigenvalue weighted by atomic mass is 10.3. The van der Waals surface area contributed by atoms with Crippen molar-refractivity contribution in [3.63, 3.8) is 0 Å². The molecule has 0 aliphatic rings. The van der Waals surface area contributed by atoms with Gasteiger partial charge in [0.2, 0.25) is 0 Å². The first kappa shape index (κ1) is 9.19. The molecule has 0 saturated carbocycles. The maximum atomic E-state index is 12.6. The molecule has 74 valence electrons. The largest absolute Gasteiger partial charge is 0.340 e. The van der Waals surface area contributed by atoms with Gasteiger partial charge in [-0.3, -0.25) is 4.98 Å². The molecule has 14 heavy (non-hydrogen) atoms. The Bertz CT molecular complexity index is 447. The minimum absolute atomic E-state index is 0.115. The van der Waals surface area contributed by atoms with Crippen LogP contribution in [-0.2, 0) is 0 Å². The van der Waals surface area contributed by atoms with Crippen LogP contribution in [0.15, 0.2) is 24.5 Å². The summed E-state index contributed by atoms with van der Waals surface area (Å²) in [5.41, 5.74) is 3.07. The molecule has 2 nitrogen and oxygen atoms in total. The number of hydrogen-bond donors (Lipinski definition) is 0. The summed E-state index contributed by atoms with van der Waals surface area (Å²) in [6.45, 7) is 3.51. The van der Waals surface area contributed by atoms with E-state index >= 15 is 0 Å². The fourth-order valence-electron chi connectivity index (χ4n) is 1.69. The molecule has 0 aliphatic carbocycles. The maximum absolute atomic E-state index is 12.6. The molecule has 0 bridgehead atoms. The van der Waals surface area contributed by atoms with Crippen molar-refractivity contribution in [2.45, 2.75) is 19.9 Å². The lowest BCUT2D eigenvalue weighted by Gasteiger charge is -2.10. The summed E-state index contributed by atoms with van der Waals surface area (Å²) in [5.74, 6) is 0. The van der Waals surface area contributed by atoms with Crippen LogP contribution in [0, 0.1) is 6.92 Å². The molecule has 0 aliphatic heterocycles. The molecule has 1 atom stereocenters. The number of aryl methyl sites for hydroxylation is 1. The standard InChI is InChI=1S/C11H13FN2/c1-8-7-14(9(2)6-12)10-4-3-5-13-11(8)10/h3-5,7,9H,6H2,1-2H3/t9-/m0/s1. The molecule has 0 amide bonds. The van der Waals surface area contributed by atoms with E-state index in [0.29, 0.717) is 0 Å². The topological polar surface area (TPSA) is 17.8 Å². The van der Waals surface area contributed by atoms with Gasteiger partial charge in [0.1, 0.15) is 6.67 Å². The highest BCUT2D eigenvalue weighted by Crippen LogP contribution is 2.22. The van der Waals surface area contributed by atoms with Gasteiger partial charge in [0.25, 0.3) is 0 Å². The number of pyridine rings is 1. The summed E-state index contributed by atoms with van der Waals surface area (Å²) in [5, 5.41) is 0. The van der Waals surface area contributed by atoms with Gasteiger partial charge in [-0.2, -0.15) is 0 Å². The van der Waals surface area contributed by atoms with Crippen LogP contribution in [0.1, 0.15) is 18.5 Å². The molecular formula is C11H13FN2. The van der Waals surface area contributed by atoms with Crippen molar-refractivity contribution < 1.29 is 4.39 Å². The Hall–Kier alpha value is -1.38. The Morgan fingerprint density at radius 1 is 1.57 bits per heavy atom. The highest BCUT2D eigenvalue weighted by atomic mass is 19.1.